The number of halogens is 3. The number of pyridine rings is 2. The molecule has 1 fully saturated rings. The molecule has 3 aromatic rings. The first-order valence-electron chi connectivity index (χ1n) is 9.11. The molecule has 27 heavy (non-hydrogen) atoms. The summed E-state index contributed by atoms with van der Waals surface area (Å²) in [6.07, 6.45) is 3.85. The molecule has 0 atom stereocenters. The highest BCUT2D eigenvalue weighted by atomic mass is 19.4. The summed E-state index contributed by atoms with van der Waals surface area (Å²) in [5.74, 6) is 0.649. The van der Waals surface area contributed by atoms with Gasteiger partial charge in [-0.25, -0.2) is 0 Å². The summed E-state index contributed by atoms with van der Waals surface area (Å²) in [6.45, 7) is 1.81. The molecule has 0 unspecified atom stereocenters. The number of aromatic amines is 1. The van der Waals surface area contributed by atoms with Crippen LogP contribution in [-0.2, 0) is 6.18 Å². The molecule has 0 aromatic carbocycles. The molecule has 3 aromatic heterocycles. The summed E-state index contributed by atoms with van der Waals surface area (Å²) in [5, 5.41) is 0.0340. The van der Waals surface area contributed by atoms with Crippen LogP contribution < -0.4 is 4.74 Å². The molecule has 0 radical (unpaired) electrons. The fourth-order valence-electron chi connectivity index (χ4n) is 3.71. The van der Waals surface area contributed by atoms with E-state index in [9.17, 15) is 13.2 Å². The average molecular weight is 375 g/mol. The van der Waals surface area contributed by atoms with Gasteiger partial charge in [-0.3, -0.25) is 9.97 Å². The van der Waals surface area contributed by atoms with Crippen LogP contribution in [-0.4, -0.2) is 21.1 Å². The standard InChI is InChI=1S/C20H20F3N3O/c1-12-9-14(27-13-5-3-2-4-6-13)10-17(26-12)15-11-25-16-7-8-24-19(18(15)16)20(21,22)23/h7-11,13,25H,2-6H2,1H3. The van der Waals surface area contributed by atoms with Gasteiger partial charge < -0.3 is 9.72 Å². The lowest BCUT2D eigenvalue weighted by atomic mass is 9.98. The van der Waals surface area contributed by atoms with E-state index in [0.29, 0.717) is 28.2 Å². The van der Waals surface area contributed by atoms with E-state index >= 15 is 0 Å². The van der Waals surface area contributed by atoms with Gasteiger partial charge in [0.1, 0.15) is 5.75 Å². The van der Waals surface area contributed by atoms with Gasteiger partial charge in [0, 0.05) is 46.7 Å². The lowest BCUT2D eigenvalue weighted by molar-refractivity contribution is -0.139. The topological polar surface area (TPSA) is 50.8 Å². The van der Waals surface area contributed by atoms with E-state index in [2.05, 4.69) is 15.0 Å². The highest BCUT2D eigenvalue weighted by Gasteiger charge is 2.36. The summed E-state index contributed by atoms with van der Waals surface area (Å²) in [5.41, 5.74) is 0.998. The molecular weight excluding hydrogens is 355 g/mol. The minimum atomic E-state index is -4.54. The zero-order chi connectivity index (χ0) is 19.0. The first-order chi connectivity index (χ1) is 12.9. The minimum Gasteiger partial charge on any atom is -0.490 e. The van der Waals surface area contributed by atoms with Crippen molar-refractivity contribution in [1.29, 1.82) is 0 Å². The Morgan fingerprint density at radius 2 is 1.93 bits per heavy atom. The van der Waals surface area contributed by atoms with Crippen molar-refractivity contribution in [2.75, 3.05) is 0 Å². The lowest BCUT2D eigenvalue weighted by Gasteiger charge is -2.23. The molecule has 7 heteroatoms. The predicted molar refractivity (Wildman–Crippen MR) is 96.6 cm³/mol. The third-order valence-electron chi connectivity index (χ3n) is 4.92. The summed E-state index contributed by atoms with van der Waals surface area (Å²) in [6, 6.07) is 5.08. The quantitative estimate of drug-likeness (QED) is 0.642. The van der Waals surface area contributed by atoms with Crippen LogP contribution in [0, 0.1) is 6.92 Å². The number of hydrogen-bond acceptors (Lipinski definition) is 3. The summed E-state index contributed by atoms with van der Waals surface area (Å²) in [7, 11) is 0. The van der Waals surface area contributed by atoms with Crippen molar-refractivity contribution in [3.8, 4) is 17.0 Å². The van der Waals surface area contributed by atoms with E-state index in [4.69, 9.17) is 4.74 Å². The maximum absolute atomic E-state index is 13.4. The fraction of sp³-hybridized carbons (Fsp3) is 0.400. The van der Waals surface area contributed by atoms with Crippen molar-refractivity contribution in [3.05, 3.63) is 42.0 Å². The van der Waals surface area contributed by atoms with Crippen LogP contribution in [0.4, 0.5) is 13.2 Å². The Kier molecular flexibility index (Phi) is 4.53. The Morgan fingerprint density at radius 1 is 1.15 bits per heavy atom. The monoisotopic (exact) mass is 375 g/mol. The number of aromatic nitrogens is 3. The van der Waals surface area contributed by atoms with Crippen molar-refractivity contribution >= 4 is 10.9 Å². The summed E-state index contributed by atoms with van der Waals surface area (Å²) in [4.78, 5) is 10.9. The van der Waals surface area contributed by atoms with Crippen molar-refractivity contribution < 1.29 is 17.9 Å². The SMILES string of the molecule is Cc1cc(OC2CCCCC2)cc(-c2c[nH]c3ccnc(C(F)(F)F)c23)n1. The van der Waals surface area contributed by atoms with Gasteiger partial charge in [0.05, 0.1) is 11.8 Å². The van der Waals surface area contributed by atoms with E-state index in [-0.39, 0.29) is 11.5 Å². The third-order valence-corrected chi connectivity index (χ3v) is 4.92. The van der Waals surface area contributed by atoms with Gasteiger partial charge in [-0.1, -0.05) is 6.42 Å². The van der Waals surface area contributed by atoms with Crippen LogP contribution in [0.2, 0.25) is 0 Å². The molecule has 0 saturated heterocycles. The van der Waals surface area contributed by atoms with Crippen LogP contribution >= 0.6 is 0 Å². The van der Waals surface area contributed by atoms with Gasteiger partial charge >= 0.3 is 6.18 Å². The van der Waals surface area contributed by atoms with E-state index in [1.54, 1.807) is 12.3 Å². The second-order valence-electron chi connectivity index (χ2n) is 6.99. The first kappa shape index (κ1) is 17.8. The molecular formula is C20H20F3N3O. The van der Waals surface area contributed by atoms with Crippen LogP contribution in [0.3, 0.4) is 0 Å². The zero-order valence-corrected chi connectivity index (χ0v) is 14.9. The van der Waals surface area contributed by atoms with Crippen LogP contribution in [0.25, 0.3) is 22.2 Å². The molecule has 1 N–H and O–H groups in total. The molecule has 1 saturated carbocycles. The zero-order valence-electron chi connectivity index (χ0n) is 14.9. The summed E-state index contributed by atoms with van der Waals surface area (Å²) >= 11 is 0. The second-order valence-corrected chi connectivity index (χ2v) is 6.99. The summed E-state index contributed by atoms with van der Waals surface area (Å²) < 4.78 is 46.4. The molecule has 4 rings (SSSR count). The van der Waals surface area contributed by atoms with Gasteiger partial charge in [-0.2, -0.15) is 13.2 Å². The normalized spacial score (nSPS) is 16.0. The van der Waals surface area contributed by atoms with Crippen LogP contribution in [0.1, 0.15) is 43.5 Å². The van der Waals surface area contributed by atoms with Crippen molar-refractivity contribution in [3.63, 3.8) is 0 Å². The van der Waals surface area contributed by atoms with Crippen LogP contribution in [0.5, 0.6) is 5.75 Å². The van der Waals surface area contributed by atoms with Gasteiger partial charge in [-0.05, 0) is 38.7 Å². The van der Waals surface area contributed by atoms with Crippen molar-refractivity contribution in [2.45, 2.75) is 51.3 Å². The Labute approximate surface area is 154 Å². The molecule has 0 aliphatic heterocycles. The Bertz CT molecular complexity index is 959. The van der Waals surface area contributed by atoms with E-state index in [1.807, 2.05) is 13.0 Å². The number of fused-ring (bicyclic) bond motifs is 1. The fourth-order valence-corrected chi connectivity index (χ4v) is 3.71. The smallest absolute Gasteiger partial charge is 0.434 e. The Hall–Kier alpha value is -2.57. The largest absolute Gasteiger partial charge is 0.490 e. The number of ether oxygens (including phenoxy) is 1. The van der Waals surface area contributed by atoms with E-state index in [1.165, 1.54) is 12.5 Å². The molecule has 0 spiro atoms. The molecule has 4 nitrogen and oxygen atoms in total. The van der Waals surface area contributed by atoms with Gasteiger partial charge in [0.15, 0.2) is 5.69 Å². The van der Waals surface area contributed by atoms with E-state index in [0.717, 1.165) is 31.9 Å². The Balaban J connectivity index is 1.77. The number of aryl methyl sites for hydroxylation is 1. The predicted octanol–water partition coefficient (Wildman–Crippen LogP) is 5.66. The van der Waals surface area contributed by atoms with Gasteiger partial charge in [0.2, 0.25) is 0 Å². The van der Waals surface area contributed by atoms with Gasteiger partial charge in [0.25, 0.3) is 0 Å². The number of hydrogen-bond donors (Lipinski definition) is 1. The molecule has 0 amide bonds. The number of alkyl halides is 3. The number of H-pyrrole nitrogens is 1. The maximum Gasteiger partial charge on any atom is 0.434 e. The van der Waals surface area contributed by atoms with Crippen molar-refractivity contribution in [1.82, 2.24) is 15.0 Å². The Morgan fingerprint density at radius 3 is 2.67 bits per heavy atom. The number of nitrogens with zero attached hydrogens (tertiary/aromatic N) is 2. The van der Waals surface area contributed by atoms with Crippen molar-refractivity contribution in [2.24, 2.45) is 0 Å². The maximum atomic E-state index is 13.4. The highest BCUT2D eigenvalue weighted by molar-refractivity contribution is 5.96. The third kappa shape index (κ3) is 3.63. The number of nitrogens with one attached hydrogen (secondary N) is 1. The lowest BCUT2D eigenvalue weighted by Crippen LogP contribution is -2.19. The molecule has 142 valence electrons. The highest BCUT2D eigenvalue weighted by Crippen LogP contribution is 2.38. The molecule has 3 heterocycles. The minimum absolute atomic E-state index is 0.0340. The van der Waals surface area contributed by atoms with Crippen LogP contribution in [0.15, 0.2) is 30.6 Å². The molecule has 1 aliphatic carbocycles. The van der Waals surface area contributed by atoms with E-state index < -0.39 is 11.9 Å². The first-order valence-corrected chi connectivity index (χ1v) is 9.11. The molecule has 1 aliphatic rings. The second kappa shape index (κ2) is 6.87. The number of rotatable bonds is 3. The average Bonchev–Trinajstić information content (AvgIpc) is 3.05. The van der Waals surface area contributed by atoms with Gasteiger partial charge in [-0.15, -0.1) is 0 Å². The molecule has 0 bridgehead atoms.